The second-order valence-electron chi connectivity index (χ2n) is 6.07. The number of nitro groups is 1. The van der Waals surface area contributed by atoms with Crippen LogP contribution in [0, 0.1) is 10.1 Å². The molecule has 0 atom stereocenters. The Kier molecular flexibility index (Phi) is 7.76. The summed E-state index contributed by atoms with van der Waals surface area (Å²) in [6, 6.07) is 14.1. The Labute approximate surface area is 159 Å². The lowest BCUT2D eigenvalue weighted by molar-refractivity contribution is -0.385. The number of para-hydroxylation sites is 2. The van der Waals surface area contributed by atoms with Gasteiger partial charge in [-0.25, -0.2) is 0 Å². The van der Waals surface area contributed by atoms with E-state index in [4.69, 9.17) is 4.74 Å². The number of nitrogens with zero attached hydrogens (tertiary/aromatic N) is 2. The van der Waals surface area contributed by atoms with Gasteiger partial charge in [-0.3, -0.25) is 19.8 Å². The van der Waals surface area contributed by atoms with Gasteiger partial charge in [-0.2, -0.15) is 0 Å². The molecule has 27 heavy (non-hydrogen) atoms. The molecule has 2 rings (SSSR count). The summed E-state index contributed by atoms with van der Waals surface area (Å²) in [4.78, 5) is 24.7. The zero-order valence-electron chi connectivity index (χ0n) is 15.7. The van der Waals surface area contributed by atoms with Crippen LogP contribution in [0.15, 0.2) is 48.5 Å². The molecule has 0 heterocycles. The van der Waals surface area contributed by atoms with E-state index in [1.54, 1.807) is 12.1 Å². The molecule has 0 aromatic heterocycles. The minimum atomic E-state index is -0.535. The highest BCUT2D eigenvalue weighted by Crippen LogP contribution is 2.25. The molecule has 0 aliphatic rings. The predicted molar refractivity (Wildman–Crippen MR) is 104 cm³/mol. The molecule has 1 N–H and O–H groups in total. The van der Waals surface area contributed by atoms with Gasteiger partial charge in [0.2, 0.25) is 0 Å². The summed E-state index contributed by atoms with van der Waals surface area (Å²) in [5.41, 5.74) is 2.06. The highest BCUT2D eigenvalue weighted by atomic mass is 16.6. The fourth-order valence-corrected chi connectivity index (χ4v) is 2.59. The molecule has 0 aliphatic carbocycles. The molecule has 0 saturated carbocycles. The molecule has 2 aromatic rings. The fraction of sp³-hybridized carbons (Fsp3) is 0.350. The zero-order valence-corrected chi connectivity index (χ0v) is 15.7. The summed E-state index contributed by atoms with van der Waals surface area (Å²) >= 11 is 0. The maximum atomic E-state index is 11.9. The van der Waals surface area contributed by atoms with Gasteiger partial charge in [0.15, 0.2) is 12.4 Å². The summed E-state index contributed by atoms with van der Waals surface area (Å²) in [7, 11) is 0. The van der Waals surface area contributed by atoms with Gasteiger partial charge in [0.1, 0.15) is 0 Å². The molecule has 144 valence electrons. The van der Waals surface area contributed by atoms with Gasteiger partial charge in [-0.15, -0.1) is 0 Å². The van der Waals surface area contributed by atoms with Gasteiger partial charge in [0, 0.05) is 19.2 Å². The second-order valence-corrected chi connectivity index (χ2v) is 6.07. The van der Waals surface area contributed by atoms with Crippen molar-refractivity contribution in [1.29, 1.82) is 0 Å². The first kappa shape index (κ1) is 20.4. The quantitative estimate of drug-likeness (QED) is 0.512. The number of hydrogen-bond acceptors (Lipinski definition) is 5. The molecule has 0 unspecified atom stereocenters. The van der Waals surface area contributed by atoms with E-state index in [1.165, 1.54) is 17.7 Å². The molecule has 0 radical (unpaired) electrons. The van der Waals surface area contributed by atoms with Crippen LogP contribution in [0.5, 0.6) is 5.75 Å². The van der Waals surface area contributed by atoms with Crippen LogP contribution in [-0.2, 0) is 17.9 Å². The second kappa shape index (κ2) is 10.3. The van der Waals surface area contributed by atoms with E-state index < -0.39 is 4.92 Å². The fourth-order valence-electron chi connectivity index (χ4n) is 2.59. The smallest absolute Gasteiger partial charge is 0.310 e. The average Bonchev–Trinajstić information content (AvgIpc) is 2.69. The van der Waals surface area contributed by atoms with Crippen molar-refractivity contribution in [2.75, 3.05) is 19.7 Å². The summed E-state index contributed by atoms with van der Waals surface area (Å²) < 4.78 is 5.28. The van der Waals surface area contributed by atoms with Crippen LogP contribution < -0.4 is 10.1 Å². The Bertz CT molecular complexity index is 758. The van der Waals surface area contributed by atoms with E-state index in [2.05, 4.69) is 36.2 Å². The average molecular weight is 371 g/mol. The first-order chi connectivity index (χ1) is 13.0. The van der Waals surface area contributed by atoms with Gasteiger partial charge in [0.25, 0.3) is 5.91 Å². The Morgan fingerprint density at radius 1 is 1.07 bits per heavy atom. The van der Waals surface area contributed by atoms with E-state index in [0.29, 0.717) is 6.54 Å². The molecule has 1 amide bonds. The number of benzene rings is 2. The molecule has 0 fully saturated rings. The molecule has 0 spiro atoms. The van der Waals surface area contributed by atoms with Crippen molar-refractivity contribution >= 4 is 11.6 Å². The molecular weight excluding hydrogens is 346 g/mol. The van der Waals surface area contributed by atoms with Crippen LogP contribution >= 0.6 is 0 Å². The molecule has 0 aliphatic heterocycles. The third-order valence-electron chi connectivity index (χ3n) is 4.23. The van der Waals surface area contributed by atoms with Crippen molar-refractivity contribution in [1.82, 2.24) is 10.2 Å². The number of nitro benzene ring substituents is 1. The molecule has 7 nitrogen and oxygen atoms in total. The Hall–Kier alpha value is -2.93. The van der Waals surface area contributed by atoms with Crippen molar-refractivity contribution in [3.05, 3.63) is 69.8 Å². The van der Waals surface area contributed by atoms with Crippen molar-refractivity contribution in [3.8, 4) is 5.75 Å². The molecule has 0 bridgehead atoms. The molecular formula is C20H25N3O4. The highest BCUT2D eigenvalue weighted by Gasteiger charge is 2.14. The van der Waals surface area contributed by atoms with E-state index in [0.717, 1.165) is 25.2 Å². The summed E-state index contributed by atoms with van der Waals surface area (Å²) in [6.07, 6.45) is 0. The number of rotatable bonds is 10. The Morgan fingerprint density at radius 3 is 2.33 bits per heavy atom. The SMILES string of the molecule is CCN(CC)Cc1ccc(CNC(=O)COc2ccccc2[N+](=O)[O-])cc1. The Morgan fingerprint density at radius 2 is 1.70 bits per heavy atom. The lowest BCUT2D eigenvalue weighted by Gasteiger charge is -2.18. The maximum absolute atomic E-state index is 11.9. The minimum absolute atomic E-state index is 0.0819. The van der Waals surface area contributed by atoms with Crippen molar-refractivity contribution in [3.63, 3.8) is 0 Å². The van der Waals surface area contributed by atoms with Crippen LogP contribution in [0.2, 0.25) is 0 Å². The van der Waals surface area contributed by atoms with Gasteiger partial charge in [0.05, 0.1) is 4.92 Å². The van der Waals surface area contributed by atoms with E-state index in [9.17, 15) is 14.9 Å². The van der Waals surface area contributed by atoms with Gasteiger partial charge >= 0.3 is 5.69 Å². The lowest BCUT2D eigenvalue weighted by Crippen LogP contribution is -2.28. The van der Waals surface area contributed by atoms with Crippen molar-refractivity contribution in [2.24, 2.45) is 0 Å². The standard InChI is InChI=1S/C20H25N3O4/c1-3-22(4-2)14-17-11-9-16(10-12-17)13-21-20(24)15-27-19-8-6-5-7-18(19)23(25)26/h5-12H,3-4,13-15H2,1-2H3,(H,21,24). The predicted octanol–water partition coefficient (Wildman–Crippen LogP) is 3.13. The zero-order chi connectivity index (χ0) is 19.6. The Balaban J connectivity index is 1.81. The van der Waals surface area contributed by atoms with Crippen LogP contribution in [0.4, 0.5) is 5.69 Å². The van der Waals surface area contributed by atoms with Crippen LogP contribution in [-0.4, -0.2) is 35.4 Å². The van der Waals surface area contributed by atoms with Gasteiger partial charge in [-0.1, -0.05) is 50.2 Å². The monoisotopic (exact) mass is 371 g/mol. The van der Waals surface area contributed by atoms with Crippen LogP contribution in [0.3, 0.4) is 0 Å². The number of amides is 1. The van der Waals surface area contributed by atoms with Crippen LogP contribution in [0.1, 0.15) is 25.0 Å². The normalized spacial score (nSPS) is 10.6. The summed E-state index contributed by atoms with van der Waals surface area (Å²) in [6.45, 7) is 7.31. The number of carbonyl (C=O) groups excluding carboxylic acids is 1. The first-order valence-corrected chi connectivity index (χ1v) is 8.96. The van der Waals surface area contributed by atoms with Gasteiger partial charge < -0.3 is 10.1 Å². The third kappa shape index (κ3) is 6.38. The third-order valence-corrected chi connectivity index (χ3v) is 4.23. The summed E-state index contributed by atoms with van der Waals surface area (Å²) in [5.74, 6) is -0.251. The van der Waals surface area contributed by atoms with Crippen LogP contribution in [0.25, 0.3) is 0 Å². The van der Waals surface area contributed by atoms with Crippen molar-refractivity contribution < 1.29 is 14.5 Å². The first-order valence-electron chi connectivity index (χ1n) is 8.96. The lowest BCUT2D eigenvalue weighted by atomic mass is 10.1. The summed E-state index contributed by atoms with van der Waals surface area (Å²) in [5, 5.41) is 13.7. The number of ether oxygens (including phenoxy) is 1. The minimum Gasteiger partial charge on any atom is -0.477 e. The number of hydrogen-bond donors (Lipinski definition) is 1. The largest absolute Gasteiger partial charge is 0.477 e. The van der Waals surface area contributed by atoms with Gasteiger partial charge in [-0.05, 0) is 30.3 Å². The van der Waals surface area contributed by atoms with E-state index >= 15 is 0 Å². The van der Waals surface area contributed by atoms with Crippen molar-refractivity contribution in [2.45, 2.75) is 26.9 Å². The number of carbonyl (C=O) groups is 1. The highest BCUT2D eigenvalue weighted by molar-refractivity contribution is 5.77. The maximum Gasteiger partial charge on any atom is 0.310 e. The molecule has 7 heteroatoms. The topological polar surface area (TPSA) is 84.7 Å². The molecule has 0 saturated heterocycles. The van der Waals surface area contributed by atoms with E-state index in [-0.39, 0.29) is 24.0 Å². The number of nitrogens with one attached hydrogen (secondary N) is 1. The molecule has 2 aromatic carbocycles. The van der Waals surface area contributed by atoms with E-state index in [1.807, 2.05) is 12.1 Å².